The molecule has 0 spiro atoms. The number of unbranched alkanes of at least 4 members (excludes halogenated alkanes) is 1. The zero-order chi connectivity index (χ0) is 33.3. The molecule has 0 radical (unpaired) electrons. The van der Waals surface area contributed by atoms with Crippen LogP contribution in [0.15, 0.2) is 29.8 Å². The van der Waals surface area contributed by atoms with Crippen molar-refractivity contribution in [2.75, 3.05) is 13.1 Å². The summed E-state index contributed by atoms with van der Waals surface area (Å²) in [4.78, 5) is 69.5. The molecular formula is C32H45N5O7S. The molecule has 2 heterocycles. The quantitative estimate of drug-likeness (QED) is 0.195. The molecule has 12 nitrogen and oxygen atoms in total. The van der Waals surface area contributed by atoms with Crippen LogP contribution < -0.4 is 16.0 Å². The number of nitrogens with one attached hydrogen (secondary N) is 3. The molecule has 0 saturated carbocycles. The summed E-state index contributed by atoms with van der Waals surface area (Å²) >= 11 is 1.56. The van der Waals surface area contributed by atoms with Gasteiger partial charge in [0.2, 0.25) is 23.6 Å². The summed E-state index contributed by atoms with van der Waals surface area (Å²) in [5.74, 6) is -2.60. The number of hydrogen-bond donors (Lipinski definition) is 5. The monoisotopic (exact) mass is 643 g/mol. The fourth-order valence-corrected chi connectivity index (χ4v) is 6.00. The molecule has 1 aromatic heterocycles. The van der Waals surface area contributed by atoms with Crippen molar-refractivity contribution in [3.05, 3.63) is 41.0 Å². The topological polar surface area (TPSA) is 178 Å². The van der Waals surface area contributed by atoms with Gasteiger partial charge in [0.1, 0.15) is 12.1 Å². The van der Waals surface area contributed by atoms with Gasteiger partial charge in [0.05, 0.1) is 28.2 Å². The number of carbonyl (C=O) groups is 5. The third kappa shape index (κ3) is 10.4. The molecule has 0 aliphatic carbocycles. The SMILES string of the molecule is Cc1ncsc1-c1ccc([C@H](C)NC(=O)[C@@H]2C[C@@H](O)CN2C(=O)[C@@H](NC(=O)CCC(=O)NCCCCC(=O)O)C(C)(C)C)cc1. The summed E-state index contributed by atoms with van der Waals surface area (Å²) in [6.07, 6.45) is -0.0750. The number of aliphatic carboxylic acids is 1. The standard InChI is InChI=1S/C32H45N5O7S/c1-19(21-9-11-22(12-10-21)28-20(2)34-18-45-28)35-30(43)24-16-23(38)17-37(24)31(44)29(32(3,4)5)36-26(40)14-13-25(39)33-15-7-6-8-27(41)42/h9-12,18-19,23-24,29,38H,6-8,13-17H2,1-5H3,(H,33,39)(H,35,43)(H,36,40)(H,41,42)/t19-,23+,24-,29+/m0/s1. The zero-order valence-electron chi connectivity index (χ0n) is 26.6. The van der Waals surface area contributed by atoms with E-state index in [1.165, 1.54) is 4.90 Å². The van der Waals surface area contributed by atoms with Gasteiger partial charge in [-0.15, -0.1) is 11.3 Å². The van der Waals surface area contributed by atoms with Crippen LogP contribution in [0.1, 0.15) is 83.5 Å². The van der Waals surface area contributed by atoms with Crippen LogP contribution in [0.25, 0.3) is 10.4 Å². The smallest absolute Gasteiger partial charge is 0.303 e. The maximum atomic E-state index is 13.8. The fraction of sp³-hybridized carbons (Fsp3) is 0.562. The first-order valence-electron chi connectivity index (χ1n) is 15.2. The molecule has 2 aromatic rings. The fourth-order valence-electron chi connectivity index (χ4n) is 5.19. The molecule has 0 unspecified atom stereocenters. The summed E-state index contributed by atoms with van der Waals surface area (Å²) in [6, 6.07) is 5.58. The van der Waals surface area contributed by atoms with Gasteiger partial charge in [0.25, 0.3) is 0 Å². The first-order chi connectivity index (χ1) is 21.2. The van der Waals surface area contributed by atoms with Crippen molar-refractivity contribution in [1.82, 2.24) is 25.8 Å². The van der Waals surface area contributed by atoms with Gasteiger partial charge in [-0.1, -0.05) is 45.0 Å². The first-order valence-corrected chi connectivity index (χ1v) is 16.1. The lowest BCUT2D eigenvalue weighted by atomic mass is 9.85. The zero-order valence-corrected chi connectivity index (χ0v) is 27.4. The van der Waals surface area contributed by atoms with Crippen LogP contribution in [-0.4, -0.2) is 81.0 Å². The highest BCUT2D eigenvalue weighted by Gasteiger charge is 2.44. The van der Waals surface area contributed by atoms with Crippen molar-refractivity contribution in [1.29, 1.82) is 0 Å². The van der Waals surface area contributed by atoms with E-state index in [0.717, 1.165) is 21.7 Å². The highest BCUT2D eigenvalue weighted by molar-refractivity contribution is 7.13. The summed E-state index contributed by atoms with van der Waals surface area (Å²) in [5, 5.41) is 27.5. The van der Waals surface area contributed by atoms with Crippen molar-refractivity contribution in [3.63, 3.8) is 0 Å². The van der Waals surface area contributed by atoms with Crippen LogP contribution in [0.3, 0.4) is 0 Å². The van der Waals surface area contributed by atoms with E-state index in [1.807, 2.05) is 38.1 Å². The molecule has 1 aromatic carbocycles. The van der Waals surface area contributed by atoms with Gasteiger partial charge in [0.15, 0.2) is 0 Å². The predicted octanol–water partition coefficient (Wildman–Crippen LogP) is 2.94. The molecule has 5 N–H and O–H groups in total. The number of amides is 4. The predicted molar refractivity (Wildman–Crippen MR) is 170 cm³/mol. The largest absolute Gasteiger partial charge is 0.481 e. The number of aliphatic hydroxyl groups is 1. The van der Waals surface area contributed by atoms with E-state index >= 15 is 0 Å². The second kappa shape index (κ2) is 15.9. The number of nitrogens with zero attached hydrogens (tertiary/aromatic N) is 2. The lowest BCUT2D eigenvalue weighted by Crippen LogP contribution is -2.57. The number of likely N-dealkylation sites (tertiary alicyclic amines) is 1. The number of carboxylic acids is 1. The molecule has 4 atom stereocenters. The van der Waals surface area contributed by atoms with Gasteiger partial charge in [0, 0.05) is 38.8 Å². The number of thiazole rings is 1. The van der Waals surface area contributed by atoms with E-state index < -0.39 is 47.3 Å². The molecule has 1 aliphatic heterocycles. The number of carbonyl (C=O) groups excluding carboxylic acids is 4. The lowest BCUT2D eigenvalue weighted by Gasteiger charge is -2.35. The van der Waals surface area contributed by atoms with Crippen LogP contribution in [-0.2, 0) is 24.0 Å². The molecule has 4 amide bonds. The van der Waals surface area contributed by atoms with E-state index in [4.69, 9.17) is 5.11 Å². The third-order valence-corrected chi connectivity index (χ3v) is 8.76. The van der Waals surface area contributed by atoms with E-state index in [2.05, 4.69) is 20.9 Å². The van der Waals surface area contributed by atoms with Crippen molar-refractivity contribution in [2.45, 2.75) is 97.4 Å². The molecule has 3 rings (SSSR count). The van der Waals surface area contributed by atoms with Crippen molar-refractivity contribution in [2.24, 2.45) is 5.41 Å². The van der Waals surface area contributed by atoms with E-state index in [-0.39, 0.29) is 44.2 Å². The second-order valence-corrected chi connectivity index (χ2v) is 13.4. The Morgan fingerprint density at radius 2 is 1.69 bits per heavy atom. The average molecular weight is 644 g/mol. The Balaban J connectivity index is 1.59. The average Bonchev–Trinajstić information content (AvgIpc) is 3.58. The van der Waals surface area contributed by atoms with Gasteiger partial charge in [-0.2, -0.15) is 0 Å². The Morgan fingerprint density at radius 1 is 1.02 bits per heavy atom. The summed E-state index contributed by atoms with van der Waals surface area (Å²) in [6.45, 7) is 9.46. The van der Waals surface area contributed by atoms with E-state index in [9.17, 15) is 29.1 Å². The number of benzene rings is 1. The van der Waals surface area contributed by atoms with Gasteiger partial charge >= 0.3 is 5.97 Å². The van der Waals surface area contributed by atoms with Crippen LogP contribution in [0, 0.1) is 12.3 Å². The molecule has 13 heteroatoms. The number of aliphatic hydroxyl groups excluding tert-OH is 1. The Bertz CT molecular complexity index is 1350. The molecule has 1 saturated heterocycles. The lowest BCUT2D eigenvalue weighted by molar-refractivity contribution is -0.144. The van der Waals surface area contributed by atoms with Crippen molar-refractivity contribution in [3.8, 4) is 10.4 Å². The first kappa shape index (κ1) is 35.6. The summed E-state index contributed by atoms with van der Waals surface area (Å²) in [7, 11) is 0. The molecule has 246 valence electrons. The number of rotatable bonds is 14. The van der Waals surface area contributed by atoms with Gasteiger partial charge in [-0.25, -0.2) is 4.98 Å². The number of carboxylic acid groups (broad SMARTS) is 1. The minimum absolute atomic E-state index is 0.0260. The minimum Gasteiger partial charge on any atom is -0.481 e. The molecular weight excluding hydrogens is 598 g/mol. The normalized spacial score (nSPS) is 17.8. The highest BCUT2D eigenvalue weighted by atomic mass is 32.1. The number of hydrogen-bond acceptors (Lipinski definition) is 8. The van der Waals surface area contributed by atoms with Crippen LogP contribution in [0.5, 0.6) is 0 Å². The maximum absolute atomic E-state index is 13.8. The van der Waals surface area contributed by atoms with Crippen molar-refractivity contribution >= 4 is 40.9 Å². The molecule has 1 aliphatic rings. The van der Waals surface area contributed by atoms with Crippen LogP contribution in [0.4, 0.5) is 0 Å². The number of aryl methyl sites for hydroxylation is 1. The van der Waals surface area contributed by atoms with Crippen LogP contribution >= 0.6 is 11.3 Å². The molecule has 1 fully saturated rings. The van der Waals surface area contributed by atoms with Crippen molar-refractivity contribution < 1.29 is 34.2 Å². The Morgan fingerprint density at radius 3 is 2.29 bits per heavy atom. The Hall–Kier alpha value is -3.84. The molecule has 45 heavy (non-hydrogen) atoms. The van der Waals surface area contributed by atoms with Gasteiger partial charge in [-0.3, -0.25) is 24.0 Å². The van der Waals surface area contributed by atoms with Crippen LogP contribution in [0.2, 0.25) is 0 Å². The van der Waals surface area contributed by atoms with E-state index in [1.54, 1.807) is 37.6 Å². The van der Waals surface area contributed by atoms with E-state index in [0.29, 0.717) is 19.4 Å². The highest BCUT2D eigenvalue weighted by Crippen LogP contribution is 2.29. The Labute approximate surface area is 268 Å². The third-order valence-electron chi connectivity index (χ3n) is 7.78. The number of aromatic nitrogens is 1. The maximum Gasteiger partial charge on any atom is 0.303 e. The summed E-state index contributed by atoms with van der Waals surface area (Å²) in [5.41, 5.74) is 3.96. The molecule has 0 bridgehead atoms. The summed E-state index contributed by atoms with van der Waals surface area (Å²) < 4.78 is 0. The number of β-amino-alcohol motifs (C(OH)–C–C–N with tert-alkyl or cyclic N) is 1. The van der Waals surface area contributed by atoms with Gasteiger partial charge in [-0.05, 0) is 43.2 Å². The minimum atomic E-state index is -0.996. The second-order valence-electron chi connectivity index (χ2n) is 12.6. The van der Waals surface area contributed by atoms with Gasteiger partial charge < -0.3 is 31.1 Å². The Kier molecular flexibility index (Phi) is 12.6.